The number of carbonyl (C=O) groups excluding carboxylic acids is 1. The quantitative estimate of drug-likeness (QED) is 0.383. The zero-order valence-corrected chi connectivity index (χ0v) is 16.8. The number of hydrogen-bond acceptors (Lipinski definition) is 3. The Bertz CT molecular complexity index is 988. The van der Waals surface area contributed by atoms with Gasteiger partial charge in [0.2, 0.25) is 0 Å². The molecule has 1 N–H and O–H groups in total. The van der Waals surface area contributed by atoms with Gasteiger partial charge in [-0.15, -0.1) is 0 Å². The van der Waals surface area contributed by atoms with Crippen LogP contribution in [0, 0.1) is 0 Å². The third-order valence-electron chi connectivity index (χ3n) is 3.79. The first-order valence-corrected chi connectivity index (χ1v) is 9.41. The molecule has 0 saturated heterocycles. The van der Waals surface area contributed by atoms with Crippen LogP contribution in [0.15, 0.2) is 71.8 Å². The molecule has 0 bridgehead atoms. The molecule has 0 aromatic heterocycles. The minimum atomic E-state index is -0.348. The Kier molecular flexibility index (Phi) is 6.93. The highest BCUT2D eigenvalue weighted by Gasteiger charge is 2.06. The van der Waals surface area contributed by atoms with Crippen molar-refractivity contribution in [3.8, 4) is 5.75 Å². The number of amides is 1. The Morgan fingerprint density at radius 1 is 0.964 bits per heavy atom. The normalized spacial score (nSPS) is 10.8. The van der Waals surface area contributed by atoms with Gasteiger partial charge in [-0.3, -0.25) is 4.79 Å². The second kappa shape index (κ2) is 9.60. The lowest BCUT2D eigenvalue weighted by Gasteiger charge is -2.07. The molecule has 0 saturated carbocycles. The molecule has 4 nitrogen and oxygen atoms in total. The van der Waals surface area contributed by atoms with Crippen LogP contribution in [0.5, 0.6) is 5.75 Å². The van der Waals surface area contributed by atoms with Gasteiger partial charge in [0, 0.05) is 16.1 Å². The number of nitrogens with one attached hydrogen (secondary N) is 1. The Morgan fingerprint density at radius 2 is 1.68 bits per heavy atom. The fourth-order valence-electron chi connectivity index (χ4n) is 2.30. The van der Waals surface area contributed by atoms with E-state index in [9.17, 15) is 4.79 Å². The molecule has 7 heteroatoms. The van der Waals surface area contributed by atoms with Crippen LogP contribution in [0.4, 0.5) is 0 Å². The summed E-state index contributed by atoms with van der Waals surface area (Å²) in [5, 5.41) is 5.40. The van der Waals surface area contributed by atoms with Gasteiger partial charge in [-0.2, -0.15) is 5.10 Å². The molecular formula is C21H15Cl3N2O2. The molecule has 1 amide bonds. The summed E-state index contributed by atoms with van der Waals surface area (Å²) in [6, 6.07) is 19.4. The molecule has 0 aliphatic rings. The molecule has 0 radical (unpaired) electrons. The van der Waals surface area contributed by atoms with Crippen LogP contribution in [-0.4, -0.2) is 12.1 Å². The molecule has 28 heavy (non-hydrogen) atoms. The first-order valence-electron chi connectivity index (χ1n) is 8.27. The summed E-state index contributed by atoms with van der Waals surface area (Å²) in [5.74, 6) is 0.305. The number of rotatable bonds is 6. The van der Waals surface area contributed by atoms with Crippen molar-refractivity contribution in [3.05, 3.63) is 98.5 Å². The van der Waals surface area contributed by atoms with E-state index < -0.39 is 0 Å². The van der Waals surface area contributed by atoms with Gasteiger partial charge < -0.3 is 4.74 Å². The van der Waals surface area contributed by atoms with E-state index in [-0.39, 0.29) is 5.91 Å². The van der Waals surface area contributed by atoms with Gasteiger partial charge in [0.15, 0.2) is 0 Å². The summed E-state index contributed by atoms with van der Waals surface area (Å²) in [6.07, 6.45) is 1.44. The van der Waals surface area contributed by atoms with Crippen molar-refractivity contribution in [2.24, 2.45) is 5.10 Å². The van der Waals surface area contributed by atoms with Gasteiger partial charge in [0.05, 0.1) is 16.3 Å². The van der Waals surface area contributed by atoms with Gasteiger partial charge in [0.25, 0.3) is 5.91 Å². The fourth-order valence-corrected chi connectivity index (χ4v) is 2.78. The molecule has 142 valence electrons. The lowest BCUT2D eigenvalue weighted by atomic mass is 10.2. The Labute approximate surface area is 177 Å². The van der Waals surface area contributed by atoms with Gasteiger partial charge >= 0.3 is 0 Å². The summed E-state index contributed by atoms with van der Waals surface area (Å²) in [4.78, 5) is 12.2. The first-order chi connectivity index (χ1) is 13.5. The van der Waals surface area contributed by atoms with Crippen molar-refractivity contribution in [2.75, 3.05) is 0 Å². The maximum Gasteiger partial charge on any atom is 0.271 e. The van der Waals surface area contributed by atoms with E-state index in [1.54, 1.807) is 42.5 Å². The summed E-state index contributed by atoms with van der Waals surface area (Å²) in [6.45, 7) is 0.410. The highest BCUT2D eigenvalue weighted by atomic mass is 35.5. The minimum Gasteiger partial charge on any atom is -0.489 e. The van der Waals surface area contributed by atoms with E-state index in [0.717, 1.165) is 5.56 Å². The van der Waals surface area contributed by atoms with Gasteiger partial charge in [-0.05, 0) is 48.0 Å². The third-order valence-corrected chi connectivity index (χ3v) is 4.87. The van der Waals surface area contributed by atoms with Crippen molar-refractivity contribution >= 4 is 46.9 Å². The van der Waals surface area contributed by atoms with Crippen molar-refractivity contribution in [1.29, 1.82) is 0 Å². The van der Waals surface area contributed by atoms with Crippen LogP contribution in [0.2, 0.25) is 15.1 Å². The van der Waals surface area contributed by atoms with E-state index in [0.29, 0.717) is 38.6 Å². The Balaban J connectivity index is 1.55. The Morgan fingerprint density at radius 3 is 2.39 bits per heavy atom. The second-order valence-electron chi connectivity index (χ2n) is 5.78. The third kappa shape index (κ3) is 5.49. The molecule has 0 spiro atoms. The largest absolute Gasteiger partial charge is 0.489 e. The molecule has 3 aromatic rings. The fraction of sp³-hybridized carbons (Fsp3) is 0.0476. The molecule has 0 atom stereocenters. The standard InChI is InChI=1S/C21H15Cl3N2O2/c22-17-8-4-14(5-9-17)13-28-18-10-6-15(7-11-18)21(27)26-25-12-16-2-1-3-19(23)20(16)24/h1-12H,13H2,(H,26,27)/b25-12-. The summed E-state index contributed by atoms with van der Waals surface area (Å²) < 4.78 is 5.70. The Hall–Kier alpha value is -2.53. The highest BCUT2D eigenvalue weighted by Crippen LogP contribution is 2.24. The molecule has 3 rings (SSSR count). The molecular weight excluding hydrogens is 419 g/mol. The van der Waals surface area contributed by atoms with E-state index >= 15 is 0 Å². The maximum atomic E-state index is 12.2. The minimum absolute atomic E-state index is 0.348. The van der Waals surface area contributed by atoms with Crippen molar-refractivity contribution < 1.29 is 9.53 Å². The molecule has 0 heterocycles. The number of hydrogen-bond donors (Lipinski definition) is 1. The van der Waals surface area contributed by atoms with Crippen LogP contribution in [-0.2, 0) is 6.61 Å². The lowest BCUT2D eigenvalue weighted by Crippen LogP contribution is -2.17. The predicted octanol–water partition coefficient (Wildman–Crippen LogP) is 5.99. The molecule has 0 aliphatic heterocycles. The summed E-state index contributed by atoms with van der Waals surface area (Å²) >= 11 is 17.9. The zero-order valence-electron chi connectivity index (χ0n) is 14.5. The monoisotopic (exact) mass is 432 g/mol. The topological polar surface area (TPSA) is 50.7 Å². The van der Waals surface area contributed by atoms with E-state index in [1.165, 1.54) is 6.21 Å². The number of nitrogens with zero attached hydrogens (tertiary/aromatic N) is 1. The lowest BCUT2D eigenvalue weighted by molar-refractivity contribution is 0.0955. The van der Waals surface area contributed by atoms with Gasteiger partial charge in [0.1, 0.15) is 12.4 Å². The van der Waals surface area contributed by atoms with Crippen LogP contribution >= 0.6 is 34.8 Å². The second-order valence-corrected chi connectivity index (χ2v) is 7.00. The molecule has 0 aliphatic carbocycles. The SMILES string of the molecule is O=C(N/N=C\c1cccc(Cl)c1Cl)c1ccc(OCc2ccc(Cl)cc2)cc1. The number of benzene rings is 3. The van der Waals surface area contributed by atoms with Crippen molar-refractivity contribution in [1.82, 2.24) is 5.43 Å². The van der Waals surface area contributed by atoms with E-state index in [2.05, 4.69) is 10.5 Å². The predicted molar refractivity (Wildman–Crippen MR) is 114 cm³/mol. The summed E-state index contributed by atoms with van der Waals surface area (Å²) in [7, 11) is 0. The zero-order chi connectivity index (χ0) is 19.9. The first kappa shape index (κ1) is 20.2. The van der Waals surface area contributed by atoms with Crippen molar-refractivity contribution in [3.63, 3.8) is 0 Å². The maximum absolute atomic E-state index is 12.2. The summed E-state index contributed by atoms with van der Waals surface area (Å²) in [5.41, 5.74) is 4.52. The van der Waals surface area contributed by atoms with Crippen LogP contribution in [0.3, 0.4) is 0 Å². The average molecular weight is 434 g/mol. The average Bonchev–Trinajstić information content (AvgIpc) is 2.71. The van der Waals surface area contributed by atoms with Gasteiger partial charge in [-0.1, -0.05) is 59.1 Å². The number of halogens is 3. The van der Waals surface area contributed by atoms with Crippen LogP contribution in [0.1, 0.15) is 21.5 Å². The van der Waals surface area contributed by atoms with Crippen LogP contribution in [0.25, 0.3) is 0 Å². The van der Waals surface area contributed by atoms with E-state index in [4.69, 9.17) is 39.5 Å². The van der Waals surface area contributed by atoms with Gasteiger partial charge in [-0.25, -0.2) is 5.43 Å². The van der Waals surface area contributed by atoms with Crippen molar-refractivity contribution in [2.45, 2.75) is 6.61 Å². The molecule has 0 fully saturated rings. The number of carbonyl (C=O) groups is 1. The van der Waals surface area contributed by atoms with Crippen LogP contribution < -0.4 is 10.2 Å². The van der Waals surface area contributed by atoms with E-state index in [1.807, 2.05) is 24.3 Å². The molecule has 3 aromatic carbocycles. The number of hydrazone groups is 1. The smallest absolute Gasteiger partial charge is 0.271 e. The number of ether oxygens (including phenoxy) is 1. The molecule has 0 unspecified atom stereocenters. The highest BCUT2D eigenvalue weighted by molar-refractivity contribution is 6.43.